The van der Waals surface area contributed by atoms with Gasteiger partial charge in [-0.1, -0.05) is 5.16 Å². The zero-order chi connectivity index (χ0) is 13.7. The summed E-state index contributed by atoms with van der Waals surface area (Å²) in [6.07, 6.45) is 0. The molecule has 7 nitrogen and oxygen atoms in total. The van der Waals surface area contributed by atoms with Gasteiger partial charge in [0.15, 0.2) is 5.84 Å². The van der Waals surface area contributed by atoms with Crippen molar-refractivity contribution in [1.29, 1.82) is 0 Å². The number of ether oxygens (including phenoxy) is 1. The van der Waals surface area contributed by atoms with Gasteiger partial charge in [0.25, 0.3) is 5.91 Å². The highest BCUT2D eigenvalue weighted by Crippen LogP contribution is 2.24. The Hall–Kier alpha value is -2.44. The van der Waals surface area contributed by atoms with Crippen molar-refractivity contribution in [2.45, 2.75) is 0 Å². The van der Waals surface area contributed by atoms with Crippen LogP contribution in [0.25, 0.3) is 0 Å². The highest BCUT2D eigenvalue weighted by molar-refractivity contribution is 5.99. The fraction of sp³-hybridized carbons (Fsp3) is 0.273. The Morgan fingerprint density at radius 2 is 2.22 bits per heavy atom. The summed E-state index contributed by atoms with van der Waals surface area (Å²) in [6, 6.07) is 4.34. The van der Waals surface area contributed by atoms with Crippen LogP contribution in [0.1, 0.15) is 10.4 Å². The molecule has 0 saturated heterocycles. The predicted molar refractivity (Wildman–Crippen MR) is 65.0 cm³/mol. The molecule has 0 unspecified atom stereocenters. The number of methoxy groups -OCH3 is 1. The number of phenolic OH excluding ortho intramolecular Hbond substituents is 1. The highest BCUT2D eigenvalue weighted by Gasteiger charge is 2.17. The number of phenols is 1. The quantitative estimate of drug-likeness (QED) is 0.308. The number of nitrogens with zero attached hydrogens (tertiary/aromatic N) is 2. The van der Waals surface area contributed by atoms with Gasteiger partial charge in [-0.2, -0.15) is 0 Å². The molecule has 0 spiro atoms. The van der Waals surface area contributed by atoms with Crippen LogP contribution in [0.3, 0.4) is 0 Å². The molecular formula is C11H15N3O4. The number of oxime groups is 1. The van der Waals surface area contributed by atoms with Crippen LogP contribution in [0, 0.1) is 0 Å². The van der Waals surface area contributed by atoms with Gasteiger partial charge < -0.3 is 25.7 Å². The first-order valence-electron chi connectivity index (χ1n) is 5.08. The fourth-order valence-corrected chi connectivity index (χ4v) is 1.37. The largest absolute Gasteiger partial charge is 0.507 e. The summed E-state index contributed by atoms with van der Waals surface area (Å²) >= 11 is 0. The first-order chi connectivity index (χ1) is 8.49. The zero-order valence-corrected chi connectivity index (χ0v) is 10.1. The number of likely N-dealkylation sites (N-methyl/N-ethyl adjacent to an activating group) is 1. The van der Waals surface area contributed by atoms with E-state index < -0.39 is 5.91 Å². The van der Waals surface area contributed by atoms with Gasteiger partial charge in [0, 0.05) is 13.1 Å². The van der Waals surface area contributed by atoms with Crippen molar-refractivity contribution in [2.75, 3.05) is 20.7 Å². The summed E-state index contributed by atoms with van der Waals surface area (Å²) in [5.41, 5.74) is 5.41. The molecule has 0 saturated carbocycles. The maximum atomic E-state index is 11.9. The van der Waals surface area contributed by atoms with Crippen LogP contribution in [0.2, 0.25) is 0 Å². The van der Waals surface area contributed by atoms with Crippen molar-refractivity contribution in [2.24, 2.45) is 10.9 Å². The minimum Gasteiger partial charge on any atom is -0.507 e. The molecule has 0 fully saturated rings. The van der Waals surface area contributed by atoms with Crippen LogP contribution >= 0.6 is 0 Å². The lowest BCUT2D eigenvalue weighted by molar-refractivity contribution is 0.0810. The van der Waals surface area contributed by atoms with E-state index in [0.717, 1.165) is 0 Å². The van der Waals surface area contributed by atoms with Gasteiger partial charge in [-0.05, 0) is 12.1 Å². The lowest BCUT2D eigenvalue weighted by Crippen LogP contribution is -2.35. The third-order valence-corrected chi connectivity index (χ3v) is 2.31. The average molecular weight is 253 g/mol. The van der Waals surface area contributed by atoms with Gasteiger partial charge in [-0.25, -0.2) is 0 Å². The van der Waals surface area contributed by atoms with E-state index in [2.05, 4.69) is 5.16 Å². The number of nitrogens with two attached hydrogens (primary N) is 1. The molecule has 0 radical (unpaired) electrons. The molecule has 98 valence electrons. The maximum absolute atomic E-state index is 11.9. The summed E-state index contributed by atoms with van der Waals surface area (Å²) < 4.78 is 4.92. The Morgan fingerprint density at radius 3 is 2.72 bits per heavy atom. The number of hydrogen-bond acceptors (Lipinski definition) is 5. The molecule has 0 atom stereocenters. The molecule has 1 aromatic rings. The van der Waals surface area contributed by atoms with Gasteiger partial charge in [0.05, 0.1) is 19.2 Å². The van der Waals surface area contributed by atoms with Crippen molar-refractivity contribution in [3.05, 3.63) is 23.8 Å². The number of hydrogen-bond donors (Lipinski definition) is 3. The molecule has 18 heavy (non-hydrogen) atoms. The summed E-state index contributed by atoms with van der Waals surface area (Å²) in [5, 5.41) is 20.9. The van der Waals surface area contributed by atoms with Crippen LogP contribution in [-0.4, -0.2) is 47.7 Å². The normalized spacial score (nSPS) is 11.1. The molecule has 1 rings (SSSR count). The van der Waals surface area contributed by atoms with Gasteiger partial charge in [0.2, 0.25) is 0 Å². The Morgan fingerprint density at radius 1 is 1.56 bits per heavy atom. The first-order valence-corrected chi connectivity index (χ1v) is 5.08. The van der Waals surface area contributed by atoms with E-state index in [1.54, 1.807) is 6.07 Å². The first kappa shape index (κ1) is 13.6. The minimum absolute atomic E-state index is 0.0409. The predicted octanol–water partition coefficient (Wildman–Crippen LogP) is 0.219. The fourth-order valence-electron chi connectivity index (χ4n) is 1.37. The Bertz CT molecular complexity index is 473. The summed E-state index contributed by atoms with van der Waals surface area (Å²) in [7, 11) is 2.94. The lowest BCUT2D eigenvalue weighted by atomic mass is 10.1. The third-order valence-electron chi connectivity index (χ3n) is 2.31. The molecule has 0 aliphatic carbocycles. The van der Waals surface area contributed by atoms with Crippen molar-refractivity contribution < 1.29 is 19.8 Å². The molecule has 4 N–H and O–H groups in total. The van der Waals surface area contributed by atoms with Crippen molar-refractivity contribution >= 4 is 11.7 Å². The second kappa shape index (κ2) is 5.76. The maximum Gasteiger partial charge on any atom is 0.257 e. The van der Waals surface area contributed by atoms with E-state index in [4.69, 9.17) is 15.7 Å². The van der Waals surface area contributed by atoms with E-state index in [1.165, 1.54) is 31.2 Å². The van der Waals surface area contributed by atoms with Crippen molar-refractivity contribution in [1.82, 2.24) is 4.90 Å². The summed E-state index contributed by atoms with van der Waals surface area (Å²) in [5.74, 6) is -0.283. The van der Waals surface area contributed by atoms with Crippen LogP contribution in [-0.2, 0) is 0 Å². The number of carbonyl (C=O) groups excluding carboxylic acids is 1. The standard InChI is InChI=1S/C11H15N3O4/c1-14(6-10(12)13-17)11(16)8-4-3-7(18-2)5-9(8)15/h3-5,15,17H,6H2,1-2H3,(H2,12,13). The SMILES string of the molecule is COc1ccc(C(=O)N(C)CC(N)=NO)c(O)c1. The number of benzene rings is 1. The monoisotopic (exact) mass is 253 g/mol. The van der Waals surface area contributed by atoms with E-state index in [1.807, 2.05) is 0 Å². The Kier molecular flexibility index (Phi) is 4.36. The number of rotatable bonds is 4. The molecule has 1 amide bonds. The van der Waals surface area contributed by atoms with Crippen LogP contribution in [0.4, 0.5) is 0 Å². The molecule has 7 heteroatoms. The topological polar surface area (TPSA) is 108 Å². The van der Waals surface area contributed by atoms with Crippen LogP contribution in [0.5, 0.6) is 11.5 Å². The van der Waals surface area contributed by atoms with Gasteiger partial charge >= 0.3 is 0 Å². The summed E-state index contributed by atoms with van der Waals surface area (Å²) in [6.45, 7) is -0.0409. The van der Waals surface area contributed by atoms with E-state index >= 15 is 0 Å². The molecule has 0 aliphatic rings. The van der Waals surface area contributed by atoms with Crippen LogP contribution < -0.4 is 10.5 Å². The van der Waals surface area contributed by atoms with Crippen LogP contribution in [0.15, 0.2) is 23.4 Å². The molecular weight excluding hydrogens is 238 g/mol. The van der Waals surface area contributed by atoms with Gasteiger partial charge in [0.1, 0.15) is 11.5 Å². The molecule has 0 heterocycles. The minimum atomic E-state index is -0.443. The van der Waals surface area contributed by atoms with Crippen molar-refractivity contribution in [3.63, 3.8) is 0 Å². The van der Waals surface area contributed by atoms with Gasteiger partial charge in [-0.3, -0.25) is 4.79 Å². The average Bonchev–Trinajstić information content (AvgIpc) is 2.37. The number of amidine groups is 1. The molecule has 0 bridgehead atoms. The Balaban J connectivity index is 2.90. The number of aromatic hydroxyl groups is 1. The summed E-state index contributed by atoms with van der Waals surface area (Å²) in [4.78, 5) is 13.2. The Labute approximate surface area is 104 Å². The second-order valence-electron chi connectivity index (χ2n) is 3.64. The van der Waals surface area contributed by atoms with E-state index in [-0.39, 0.29) is 23.7 Å². The lowest BCUT2D eigenvalue weighted by Gasteiger charge is -2.17. The van der Waals surface area contributed by atoms with Gasteiger partial charge in [-0.15, -0.1) is 0 Å². The molecule has 1 aromatic carbocycles. The number of amides is 1. The smallest absolute Gasteiger partial charge is 0.257 e. The second-order valence-corrected chi connectivity index (χ2v) is 3.64. The molecule has 0 aliphatic heterocycles. The van der Waals surface area contributed by atoms with Crippen molar-refractivity contribution in [3.8, 4) is 11.5 Å². The molecule has 0 aromatic heterocycles. The van der Waals surface area contributed by atoms with E-state index in [9.17, 15) is 9.90 Å². The zero-order valence-electron chi connectivity index (χ0n) is 10.1. The third kappa shape index (κ3) is 3.03. The van der Waals surface area contributed by atoms with E-state index in [0.29, 0.717) is 5.75 Å². The highest BCUT2D eigenvalue weighted by atomic mass is 16.5. The number of carbonyl (C=O) groups is 1.